The van der Waals surface area contributed by atoms with Gasteiger partial charge in [-0.15, -0.1) is 0 Å². The number of rotatable bonds is 2. The zero-order valence-corrected chi connectivity index (χ0v) is 8.90. The highest BCUT2D eigenvalue weighted by Gasteiger charge is 2.24. The number of nitrogens with zero attached hydrogens (tertiary/aromatic N) is 1. The van der Waals surface area contributed by atoms with Crippen LogP contribution in [0.15, 0.2) is 0 Å². The molecule has 0 aliphatic carbocycles. The molecule has 1 saturated heterocycles. The summed E-state index contributed by atoms with van der Waals surface area (Å²) in [6.45, 7) is 9.68. The molecule has 0 aromatic heterocycles. The Morgan fingerprint density at radius 2 is 1.50 bits per heavy atom. The molecule has 1 fully saturated rings. The molecule has 0 radical (unpaired) electrons. The summed E-state index contributed by atoms with van der Waals surface area (Å²) in [5, 5.41) is 0. The quantitative estimate of drug-likeness (QED) is 0.614. The van der Waals surface area contributed by atoms with E-state index in [1.165, 1.54) is 45.2 Å². The zero-order chi connectivity index (χ0) is 9.03. The Kier molecular flexibility index (Phi) is 3.57. The summed E-state index contributed by atoms with van der Waals surface area (Å²) in [6, 6.07) is 0. The Morgan fingerprint density at radius 3 is 1.92 bits per heavy atom. The summed E-state index contributed by atoms with van der Waals surface area (Å²) >= 11 is 0. The summed E-state index contributed by atoms with van der Waals surface area (Å²) in [5.74, 6) is 0. The van der Waals surface area contributed by atoms with Gasteiger partial charge >= 0.3 is 0 Å². The smallest absolute Gasteiger partial charge is 0.0150 e. The Hall–Kier alpha value is -0.0400. The second-order valence-electron chi connectivity index (χ2n) is 4.57. The first-order valence-corrected chi connectivity index (χ1v) is 5.42. The predicted molar refractivity (Wildman–Crippen MR) is 54.4 cm³/mol. The van der Waals surface area contributed by atoms with Crippen LogP contribution in [0.5, 0.6) is 0 Å². The van der Waals surface area contributed by atoms with Crippen molar-refractivity contribution in [2.75, 3.05) is 13.1 Å². The zero-order valence-electron chi connectivity index (χ0n) is 8.90. The van der Waals surface area contributed by atoms with Gasteiger partial charge in [-0.05, 0) is 46.2 Å². The van der Waals surface area contributed by atoms with Gasteiger partial charge in [0.25, 0.3) is 0 Å². The van der Waals surface area contributed by atoms with Crippen molar-refractivity contribution in [3.05, 3.63) is 0 Å². The highest BCUT2D eigenvalue weighted by atomic mass is 15.2. The lowest BCUT2D eigenvalue weighted by Gasteiger charge is -2.37. The van der Waals surface area contributed by atoms with Crippen molar-refractivity contribution in [2.24, 2.45) is 0 Å². The van der Waals surface area contributed by atoms with Crippen LogP contribution in [0.1, 0.15) is 52.9 Å². The van der Waals surface area contributed by atoms with Gasteiger partial charge in [-0.1, -0.05) is 19.8 Å². The fourth-order valence-corrected chi connectivity index (χ4v) is 1.90. The summed E-state index contributed by atoms with van der Waals surface area (Å²) in [5.41, 5.74) is 0.435. The standard InChI is InChI=1S/C11H23N/c1-4-11(2,3)12-9-7-5-6-8-10-12/h4-10H2,1-3H3. The fraction of sp³-hybridized carbons (Fsp3) is 1.00. The minimum Gasteiger partial charge on any atom is -0.298 e. The minimum absolute atomic E-state index is 0.435. The van der Waals surface area contributed by atoms with Crippen molar-refractivity contribution in [3.8, 4) is 0 Å². The molecule has 0 amide bonds. The highest BCUT2D eigenvalue weighted by Crippen LogP contribution is 2.22. The normalized spacial score (nSPS) is 22.2. The van der Waals surface area contributed by atoms with Crippen molar-refractivity contribution >= 4 is 0 Å². The van der Waals surface area contributed by atoms with E-state index in [4.69, 9.17) is 0 Å². The fourth-order valence-electron chi connectivity index (χ4n) is 1.90. The lowest BCUT2D eigenvalue weighted by molar-refractivity contribution is 0.121. The van der Waals surface area contributed by atoms with E-state index in [1.807, 2.05) is 0 Å². The van der Waals surface area contributed by atoms with E-state index in [0.29, 0.717) is 5.54 Å². The van der Waals surface area contributed by atoms with Crippen LogP contribution in [-0.2, 0) is 0 Å². The van der Waals surface area contributed by atoms with E-state index in [0.717, 1.165) is 0 Å². The van der Waals surface area contributed by atoms with Crippen LogP contribution in [0.25, 0.3) is 0 Å². The number of hydrogen-bond donors (Lipinski definition) is 0. The van der Waals surface area contributed by atoms with E-state index in [-0.39, 0.29) is 0 Å². The average Bonchev–Trinajstić information content (AvgIpc) is 2.32. The Balaban J connectivity index is 2.47. The molecule has 0 aromatic rings. The predicted octanol–water partition coefficient (Wildman–Crippen LogP) is 3.05. The first-order chi connectivity index (χ1) is 5.67. The van der Waals surface area contributed by atoms with Gasteiger partial charge in [0.2, 0.25) is 0 Å². The van der Waals surface area contributed by atoms with Crippen molar-refractivity contribution < 1.29 is 0 Å². The summed E-state index contributed by atoms with van der Waals surface area (Å²) < 4.78 is 0. The third-order valence-electron chi connectivity index (χ3n) is 3.33. The SMILES string of the molecule is CCC(C)(C)N1CCCCCC1. The maximum absolute atomic E-state index is 2.67. The molecule has 0 aromatic carbocycles. The van der Waals surface area contributed by atoms with Gasteiger partial charge in [0, 0.05) is 5.54 Å². The summed E-state index contributed by atoms with van der Waals surface area (Å²) in [7, 11) is 0. The van der Waals surface area contributed by atoms with E-state index in [2.05, 4.69) is 25.7 Å². The largest absolute Gasteiger partial charge is 0.298 e. The first kappa shape index (κ1) is 10.0. The van der Waals surface area contributed by atoms with E-state index >= 15 is 0 Å². The molecule has 1 aliphatic rings. The molecule has 72 valence electrons. The molecule has 0 N–H and O–H groups in total. The Labute approximate surface area is 77.1 Å². The van der Waals surface area contributed by atoms with Crippen LogP contribution < -0.4 is 0 Å². The Bertz CT molecular complexity index is 121. The minimum atomic E-state index is 0.435. The number of hydrogen-bond acceptors (Lipinski definition) is 1. The Morgan fingerprint density at radius 1 is 1.00 bits per heavy atom. The topological polar surface area (TPSA) is 3.24 Å². The average molecular weight is 169 g/mol. The van der Waals surface area contributed by atoms with Gasteiger partial charge in [-0.25, -0.2) is 0 Å². The van der Waals surface area contributed by atoms with Crippen molar-refractivity contribution in [2.45, 2.75) is 58.4 Å². The molecule has 1 rings (SSSR count). The van der Waals surface area contributed by atoms with E-state index in [1.54, 1.807) is 0 Å². The molecule has 0 unspecified atom stereocenters. The lowest BCUT2D eigenvalue weighted by Crippen LogP contribution is -2.43. The van der Waals surface area contributed by atoms with Gasteiger partial charge < -0.3 is 0 Å². The van der Waals surface area contributed by atoms with E-state index in [9.17, 15) is 0 Å². The lowest BCUT2D eigenvalue weighted by atomic mass is 9.99. The summed E-state index contributed by atoms with van der Waals surface area (Å²) in [4.78, 5) is 2.67. The highest BCUT2D eigenvalue weighted by molar-refractivity contribution is 4.80. The second kappa shape index (κ2) is 4.27. The van der Waals surface area contributed by atoms with Crippen LogP contribution in [0, 0.1) is 0 Å². The van der Waals surface area contributed by atoms with Gasteiger partial charge in [0.05, 0.1) is 0 Å². The molecule has 1 aliphatic heterocycles. The van der Waals surface area contributed by atoms with Crippen LogP contribution >= 0.6 is 0 Å². The van der Waals surface area contributed by atoms with Crippen molar-refractivity contribution in [1.82, 2.24) is 4.90 Å². The number of likely N-dealkylation sites (tertiary alicyclic amines) is 1. The van der Waals surface area contributed by atoms with Gasteiger partial charge in [-0.3, -0.25) is 4.90 Å². The maximum atomic E-state index is 2.67. The molecular formula is C11H23N. The molecular weight excluding hydrogens is 146 g/mol. The first-order valence-electron chi connectivity index (χ1n) is 5.42. The van der Waals surface area contributed by atoms with Crippen LogP contribution in [0.2, 0.25) is 0 Å². The van der Waals surface area contributed by atoms with Gasteiger partial charge in [0.15, 0.2) is 0 Å². The van der Waals surface area contributed by atoms with Crippen molar-refractivity contribution in [3.63, 3.8) is 0 Å². The second-order valence-corrected chi connectivity index (χ2v) is 4.57. The van der Waals surface area contributed by atoms with Crippen LogP contribution in [0.3, 0.4) is 0 Å². The molecule has 0 bridgehead atoms. The van der Waals surface area contributed by atoms with Crippen LogP contribution in [0.4, 0.5) is 0 Å². The van der Waals surface area contributed by atoms with Crippen LogP contribution in [-0.4, -0.2) is 23.5 Å². The third kappa shape index (κ3) is 2.48. The molecule has 0 atom stereocenters. The van der Waals surface area contributed by atoms with Gasteiger partial charge in [0.1, 0.15) is 0 Å². The molecule has 0 saturated carbocycles. The van der Waals surface area contributed by atoms with Crippen molar-refractivity contribution in [1.29, 1.82) is 0 Å². The maximum Gasteiger partial charge on any atom is 0.0150 e. The molecule has 1 heterocycles. The molecule has 1 heteroatoms. The summed E-state index contributed by atoms with van der Waals surface area (Å²) in [6.07, 6.45) is 6.96. The molecule has 12 heavy (non-hydrogen) atoms. The van der Waals surface area contributed by atoms with Gasteiger partial charge in [-0.2, -0.15) is 0 Å². The molecule has 1 nitrogen and oxygen atoms in total. The molecule has 0 spiro atoms. The monoisotopic (exact) mass is 169 g/mol. The third-order valence-corrected chi connectivity index (χ3v) is 3.33. The van der Waals surface area contributed by atoms with E-state index < -0.39 is 0 Å².